The summed E-state index contributed by atoms with van der Waals surface area (Å²) in [6.07, 6.45) is 8.81. The van der Waals surface area contributed by atoms with Gasteiger partial charge in [0.25, 0.3) is 0 Å². The molecule has 0 nitrogen and oxygen atoms in total. The molecule has 0 amide bonds. The first-order valence-corrected chi connectivity index (χ1v) is 9.29. The van der Waals surface area contributed by atoms with Crippen LogP contribution in [0.1, 0.15) is 26.7 Å². The molecule has 1 heteroatoms. The van der Waals surface area contributed by atoms with E-state index >= 15 is 0 Å². The fraction of sp³-hybridized carbons (Fsp3) is 0.571. The second-order valence-electron chi connectivity index (χ2n) is 5.10. The maximum absolute atomic E-state index is 2.43. The molecule has 0 atom stereocenters. The van der Waals surface area contributed by atoms with Crippen LogP contribution in [-0.2, 0) is 0 Å². The molecule has 1 heterocycles. The van der Waals surface area contributed by atoms with Gasteiger partial charge in [-0.15, -0.1) is 0 Å². The summed E-state index contributed by atoms with van der Waals surface area (Å²) in [6, 6.07) is 11.4. The Kier molecular flexibility index (Phi) is 2.90. The average Bonchev–Trinajstić information content (AvgIpc) is 2.77. The summed E-state index contributed by atoms with van der Waals surface area (Å²) in [7, 11) is 0. The van der Waals surface area contributed by atoms with Gasteiger partial charge in [0.15, 0.2) is 0 Å². The molecular formula is C14H23P. The van der Waals surface area contributed by atoms with E-state index in [0.717, 1.165) is 0 Å². The first-order valence-electron chi connectivity index (χ1n) is 6.31. The van der Waals surface area contributed by atoms with Crippen LogP contribution in [0, 0.1) is 0 Å². The Balaban J connectivity index is 2.52. The average molecular weight is 222 g/mol. The minimum atomic E-state index is -1.48. The number of hydrogen-bond donors (Lipinski definition) is 0. The first-order chi connectivity index (χ1) is 7.25. The Morgan fingerprint density at radius 3 is 1.93 bits per heavy atom. The minimum absolute atomic E-state index is 1.42. The van der Waals surface area contributed by atoms with Crippen molar-refractivity contribution in [2.75, 3.05) is 24.6 Å². The molecule has 0 aromatic heterocycles. The molecule has 1 aliphatic heterocycles. The van der Waals surface area contributed by atoms with Crippen molar-refractivity contribution in [1.29, 1.82) is 0 Å². The molecule has 0 unspecified atom stereocenters. The van der Waals surface area contributed by atoms with Crippen molar-refractivity contribution >= 4 is 11.9 Å². The van der Waals surface area contributed by atoms with Gasteiger partial charge < -0.3 is 0 Å². The van der Waals surface area contributed by atoms with Crippen LogP contribution in [0.4, 0.5) is 0 Å². The van der Waals surface area contributed by atoms with Crippen molar-refractivity contribution in [3.8, 4) is 0 Å². The van der Waals surface area contributed by atoms with Crippen LogP contribution < -0.4 is 5.30 Å². The molecule has 0 saturated carbocycles. The van der Waals surface area contributed by atoms with E-state index in [9.17, 15) is 0 Å². The monoisotopic (exact) mass is 222 g/mol. The Bertz CT molecular complexity index is 314. The van der Waals surface area contributed by atoms with E-state index in [1.54, 1.807) is 5.30 Å². The van der Waals surface area contributed by atoms with E-state index in [2.05, 4.69) is 44.2 Å². The van der Waals surface area contributed by atoms with Crippen molar-refractivity contribution in [2.45, 2.75) is 26.7 Å². The van der Waals surface area contributed by atoms with Crippen LogP contribution in [0.15, 0.2) is 30.3 Å². The van der Waals surface area contributed by atoms with Crippen LogP contribution in [0.25, 0.3) is 0 Å². The molecule has 1 aliphatic rings. The predicted octanol–water partition coefficient (Wildman–Crippen LogP) is 3.70. The van der Waals surface area contributed by atoms with Gasteiger partial charge in [-0.1, -0.05) is 0 Å². The predicted molar refractivity (Wildman–Crippen MR) is 73.0 cm³/mol. The van der Waals surface area contributed by atoms with Crippen LogP contribution >= 0.6 is 6.60 Å². The molecule has 1 aromatic rings. The van der Waals surface area contributed by atoms with E-state index in [1.165, 1.54) is 37.5 Å². The van der Waals surface area contributed by atoms with Gasteiger partial charge in [-0.25, -0.2) is 0 Å². The maximum atomic E-state index is 2.43. The van der Waals surface area contributed by atoms with Gasteiger partial charge in [-0.3, -0.25) is 0 Å². The van der Waals surface area contributed by atoms with Gasteiger partial charge in [0, 0.05) is 0 Å². The van der Waals surface area contributed by atoms with Crippen molar-refractivity contribution in [2.24, 2.45) is 0 Å². The summed E-state index contributed by atoms with van der Waals surface area (Å²) < 4.78 is 0. The van der Waals surface area contributed by atoms with Gasteiger partial charge in [-0.05, 0) is 0 Å². The molecular weight excluding hydrogens is 199 g/mol. The van der Waals surface area contributed by atoms with Crippen LogP contribution in [-0.4, -0.2) is 24.6 Å². The fourth-order valence-corrected chi connectivity index (χ4v) is 9.80. The van der Waals surface area contributed by atoms with E-state index in [1.807, 2.05) is 0 Å². The Morgan fingerprint density at radius 2 is 1.47 bits per heavy atom. The first kappa shape index (κ1) is 11.1. The normalized spacial score (nSPS) is 25.6. The van der Waals surface area contributed by atoms with Crippen molar-refractivity contribution in [3.05, 3.63) is 30.3 Å². The van der Waals surface area contributed by atoms with E-state index in [0.29, 0.717) is 0 Å². The zero-order valence-electron chi connectivity index (χ0n) is 10.1. The van der Waals surface area contributed by atoms with Crippen LogP contribution in [0.3, 0.4) is 0 Å². The van der Waals surface area contributed by atoms with E-state index in [-0.39, 0.29) is 0 Å². The molecule has 0 spiro atoms. The standard InChI is InChI=1S/C14H23P/c1-3-15(4-2,12-8-9-13-15)14-10-6-5-7-11-14/h5-7,10-11H,3-4,8-9,12-13H2,1-2H3. The fourth-order valence-electron chi connectivity index (χ4n) is 3.49. The molecule has 0 aliphatic carbocycles. The third kappa shape index (κ3) is 1.54. The number of hydrogen-bond acceptors (Lipinski definition) is 0. The van der Waals surface area contributed by atoms with Gasteiger partial charge in [0.2, 0.25) is 0 Å². The van der Waals surface area contributed by atoms with E-state index < -0.39 is 6.60 Å². The molecule has 0 N–H and O–H groups in total. The summed E-state index contributed by atoms with van der Waals surface area (Å²) >= 11 is 0. The molecule has 84 valence electrons. The molecule has 1 fully saturated rings. The van der Waals surface area contributed by atoms with Crippen LogP contribution in [0.2, 0.25) is 0 Å². The Morgan fingerprint density at radius 1 is 0.933 bits per heavy atom. The Labute approximate surface area is 94.0 Å². The molecule has 2 rings (SSSR count). The number of rotatable bonds is 3. The molecule has 15 heavy (non-hydrogen) atoms. The van der Waals surface area contributed by atoms with Gasteiger partial charge >= 0.3 is 93.6 Å². The van der Waals surface area contributed by atoms with Gasteiger partial charge in [-0.2, -0.15) is 0 Å². The SMILES string of the molecule is CCP1(CC)(c2ccccc2)CCCC1. The molecule has 1 aromatic carbocycles. The zero-order valence-corrected chi connectivity index (χ0v) is 11.0. The third-order valence-corrected chi connectivity index (χ3v) is 12.9. The quantitative estimate of drug-likeness (QED) is 0.684. The second kappa shape index (κ2) is 3.91. The second-order valence-corrected chi connectivity index (χ2v) is 11.7. The Hall–Kier alpha value is -0.350. The summed E-state index contributed by atoms with van der Waals surface area (Å²) in [5, 5.41) is 1.71. The third-order valence-electron chi connectivity index (χ3n) is 4.88. The molecule has 0 bridgehead atoms. The van der Waals surface area contributed by atoms with Crippen molar-refractivity contribution < 1.29 is 0 Å². The summed E-state index contributed by atoms with van der Waals surface area (Å²) in [5.41, 5.74) is 0. The zero-order chi connectivity index (χ0) is 10.8. The van der Waals surface area contributed by atoms with E-state index in [4.69, 9.17) is 0 Å². The molecule has 0 radical (unpaired) electrons. The summed E-state index contributed by atoms with van der Waals surface area (Å²) in [5.74, 6) is 0. The van der Waals surface area contributed by atoms with Crippen LogP contribution in [0.5, 0.6) is 0 Å². The van der Waals surface area contributed by atoms with Crippen molar-refractivity contribution in [1.82, 2.24) is 0 Å². The van der Waals surface area contributed by atoms with Crippen molar-refractivity contribution in [3.63, 3.8) is 0 Å². The summed E-state index contributed by atoms with van der Waals surface area (Å²) in [6.45, 7) is 3.38. The van der Waals surface area contributed by atoms with Gasteiger partial charge in [0.1, 0.15) is 0 Å². The summed E-state index contributed by atoms with van der Waals surface area (Å²) in [4.78, 5) is 0. The number of benzene rings is 1. The van der Waals surface area contributed by atoms with Gasteiger partial charge in [0.05, 0.1) is 0 Å². The topological polar surface area (TPSA) is 0 Å². The molecule has 1 saturated heterocycles.